The van der Waals surface area contributed by atoms with Gasteiger partial charge in [0.25, 0.3) is 0 Å². The van der Waals surface area contributed by atoms with Gasteiger partial charge >= 0.3 is 11.9 Å². The molecule has 0 bridgehead atoms. The summed E-state index contributed by atoms with van der Waals surface area (Å²) in [6, 6.07) is -0.736. The third-order valence-corrected chi connectivity index (χ3v) is 8.15. The number of ether oxygens (including phenoxy) is 3. The van der Waals surface area contributed by atoms with Crippen LogP contribution in [0, 0.1) is 0 Å². The highest BCUT2D eigenvalue weighted by Crippen LogP contribution is 2.12. The van der Waals surface area contributed by atoms with Gasteiger partial charge in [-0.2, -0.15) is 0 Å². The minimum Gasteiger partial charge on any atom is -0.544 e. The molecule has 0 aromatic heterocycles. The Hall–Kier alpha value is -3.23. The van der Waals surface area contributed by atoms with Gasteiger partial charge in [-0.25, -0.2) is 0 Å². The Bertz CT molecular complexity index is 1060. The molecule has 0 aliphatic carbocycles. The van der Waals surface area contributed by atoms with Gasteiger partial charge in [0.05, 0.1) is 40.3 Å². The number of hydrogen-bond donors (Lipinski definition) is 0. The van der Waals surface area contributed by atoms with Crippen molar-refractivity contribution in [2.75, 3.05) is 41.0 Å². The van der Waals surface area contributed by atoms with Gasteiger partial charge in [0.1, 0.15) is 12.6 Å². The van der Waals surface area contributed by atoms with E-state index in [0.717, 1.165) is 70.6 Å². The number of rotatable bonds is 33. The van der Waals surface area contributed by atoms with Gasteiger partial charge in [0.15, 0.2) is 6.10 Å². The fourth-order valence-corrected chi connectivity index (χ4v) is 5.14. The second kappa shape index (κ2) is 33.9. The average Bonchev–Trinajstić information content (AvgIpc) is 3.08. The van der Waals surface area contributed by atoms with Crippen LogP contribution in [0.5, 0.6) is 0 Å². The lowest BCUT2D eigenvalue weighted by molar-refractivity contribution is -0.889. The summed E-state index contributed by atoms with van der Waals surface area (Å²) in [5.41, 5.74) is 0. The van der Waals surface area contributed by atoms with Gasteiger partial charge < -0.3 is 28.6 Å². The molecule has 51 heavy (non-hydrogen) atoms. The fourth-order valence-electron chi connectivity index (χ4n) is 5.14. The molecule has 2 unspecified atom stereocenters. The first-order chi connectivity index (χ1) is 24.6. The van der Waals surface area contributed by atoms with Gasteiger partial charge in [-0.1, -0.05) is 119 Å². The first-order valence-electron chi connectivity index (χ1n) is 19.5. The van der Waals surface area contributed by atoms with Gasteiger partial charge in [0, 0.05) is 19.3 Å². The number of likely N-dealkylation sites (N-methyl/N-ethyl adjacent to an activating group) is 1. The van der Waals surface area contributed by atoms with Crippen molar-refractivity contribution in [3.8, 4) is 0 Å². The molecule has 0 aromatic carbocycles. The van der Waals surface area contributed by atoms with E-state index in [-0.39, 0.29) is 49.1 Å². The van der Waals surface area contributed by atoms with Crippen LogP contribution in [0.3, 0.4) is 0 Å². The lowest BCUT2D eigenvalue weighted by Gasteiger charge is -2.34. The number of carboxylic acids is 1. The van der Waals surface area contributed by atoms with Crippen LogP contribution in [-0.4, -0.2) is 75.5 Å². The number of quaternary nitrogens is 1. The Morgan fingerprint density at radius 2 is 1.14 bits per heavy atom. The quantitative estimate of drug-likeness (QED) is 0.0221. The number of esters is 2. The number of nitrogens with zero attached hydrogens (tertiary/aromatic N) is 1. The van der Waals surface area contributed by atoms with Crippen molar-refractivity contribution in [1.82, 2.24) is 0 Å². The molecule has 0 radical (unpaired) electrons. The SMILES string of the molecule is CC/C=C/C=C/C=C/CCCCCCCCCC(=O)OCC(COCCC(C(=O)[O-])[N+](C)(C)C)OC(=O)CCCC/C=C/C/C=C/C/C=C/CC. The number of allylic oxidation sites excluding steroid dienone is 12. The molecule has 0 aliphatic heterocycles. The number of aliphatic carboxylic acids is 1. The summed E-state index contributed by atoms with van der Waals surface area (Å²) in [7, 11) is 5.37. The van der Waals surface area contributed by atoms with E-state index in [9.17, 15) is 19.5 Å². The highest BCUT2D eigenvalue weighted by Gasteiger charge is 2.25. The average molecular weight is 714 g/mol. The van der Waals surface area contributed by atoms with E-state index >= 15 is 0 Å². The van der Waals surface area contributed by atoms with E-state index in [4.69, 9.17) is 14.2 Å². The fraction of sp³-hybridized carbons (Fsp3) is 0.651. The van der Waals surface area contributed by atoms with E-state index in [1.54, 1.807) is 21.1 Å². The number of unbranched alkanes of at least 4 members (excludes halogenated alkanes) is 9. The van der Waals surface area contributed by atoms with Gasteiger partial charge in [0.2, 0.25) is 0 Å². The predicted octanol–water partition coefficient (Wildman–Crippen LogP) is 8.68. The maximum absolute atomic E-state index is 12.6. The molecule has 8 nitrogen and oxygen atoms in total. The van der Waals surface area contributed by atoms with E-state index in [0.29, 0.717) is 12.8 Å². The van der Waals surface area contributed by atoms with Crippen molar-refractivity contribution in [2.24, 2.45) is 0 Å². The Balaban J connectivity index is 4.48. The van der Waals surface area contributed by atoms with Crippen molar-refractivity contribution < 1.29 is 38.2 Å². The molecule has 0 saturated carbocycles. The topological polar surface area (TPSA) is 102 Å². The van der Waals surface area contributed by atoms with Gasteiger partial charge in [-0.05, 0) is 64.2 Å². The summed E-state index contributed by atoms with van der Waals surface area (Å²) in [5, 5.41) is 11.6. The summed E-state index contributed by atoms with van der Waals surface area (Å²) < 4.78 is 17.0. The summed E-state index contributed by atoms with van der Waals surface area (Å²) in [5.74, 6) is -1.82. The van der Waals surface area contributed by atoms with E-state index < -0.39 is 18.1 Å². The Morgan fingerprint density at radius 1 is 0.608 bits per heavy atom. The number of carbonyl (C=O) groups is 3. The summed E-state index contributed by atoms with van der Waals surface area (Å²) in [6.07, 6.45) is 40.7. The lowest BCUT2D eigenvalue weighted by atomic mass is 10.1. The molecular weight excluding hydrogens is 642 g/mol. The highest BCUT2D eigenvalue weighted by atomic mass is 16.6. The van der Waals surface area contributed by atoms with Crippen LogP contribution in [0.15, 0.2) is 72.9 Å². The van der Waals surface area contributed by atoms with Crippen molar-refractivity contribution in [3.05, 3.63) is 72.9 Å². The Morgan fingerprint density at radius 3 is 1.78 bits per heavy atom. The number of carbonyl (C=O) groups excluding carboxylic acids is 3. The zero-order valence-electron chi connectivity index (χ0n) is 32.7. The molecule has 0 N–H and O–H groups in total. The van der Waals surface area contributed by atoms with E-state index in [2.05, 4.69) is 86.8 Å². The zero-order valence-corrected chi connectivity index (χ0v) is 32.7. The molecule has 0 aromatic rings. The van der Waals surface area contributed by atoms with Crippen LogP contribution in [0.4, 0.5) is 0 Å². The normalized spacial score (nSPS) is 13.8. The number of hydrogen-bond acceptors (Lipinski definition) is 7. The monoisotopic (exact) mass is 714 g/mol. The van der Waals surface area contributed by atoms with Crippen LogP contribution < -0.4 is 5.11 Å². The molecule has 0 heterocycles. The van der Waals surface area contributed by atoms with Crippen LogP contribution >= 0.6 is 0 Å². The Kier molecular flexibility index (Phi) is 31.7. The van der Waals surface area contributed by atoms with Crippen molar-refractivity contribution in [1.29, 1.82) is 0 Å². The van der Waals surface area contributed by atoms with Crippen LogP contribution in [0.2, 0.25) is 0 Å². The molecule has 0 rings (SSSR count). The molecule has 0 amide bonds. The molecular formula is C43H71NO7. The summed E-state index contributed by atoms with van der Waals surface area (Å²) in [6.45, 7) is 4.33. The standard InChI is InChI=1S/C43H71NO7/c1-6-8-10-12-14-16-18-20-21-22-24-25-27-29-31-33-41(45)50-38-39(37-49-36-35-40(43(47)48)44(3,4)5)51-42(46)34-32-30-28-26-23-19-17-15-13-11-9-7-2/h8-12,14-18,23,26,39-40H,6-7,13,19-22,24-25,27-38H2,1-5H3/b10-8+,11-9+,14-12+,17-15+,18-16+,26-23+. The van der Waals surface area contributed by atoms with Gasteiger partial charge in [-0.15, -0.1) is 0 Å². The Labute approximate surface area is 311 Å². The highest BCUT2D eigenvalue weighted by molar-refractivity contribution is 5.70. The minimum atomic E-state index is -1.14. The summed E-state index contributed by atoms with van der Waals surface area (Å²) >= 11 is 0. The van der Waals surface area contributed by atoms with E-state index in [1.165, 1.54) is 19.3 Å². The number of carboxylic acid groups (broad SMARTS) is 1. The second-order valence-electron chi connectivity index (χ2n) is 13.8. The largest absolute Gasteiger partial charge is 0.544 e. The maximum Gasteiger partial charge on any atom is 0.306 e. The zero-order chi connectivity index (χ0) is 37.8. The van der Waals surface area contributed by atoms with Crippen molar-refractivity contribution in [3.63, 3.8) is 0 Å². The third-order valence-electron chi connectivity index (χ3n) is 8.15. The molecule has 8 heteroatoms. The van der Waals surface area contributed by atoms with Crippen LogP contribution in [0.25, 0.3) is 0 Å². The minimum absolute atomic E-state index is 0.0171. The molecule has 290 valence electrons. The molecule has 0 spiro atoms. The lowest BCUT2D eigenvalue weighted by Crippen LogP contribution is -2.55. The molecule has 2 atom stereocenters. The molecule has 0 saturated heterocycles. The van der Waals surface area contributed by atoms with Crippen molar-refractivity contribution >= 4 is 17.9 Å². The van der Waals surface area contributed by atoms with E-state index in [1.807, 2.05) is 0 Å². The van der Waals surface area contributed by atoms with Crippen molar-refractivity contribution in [2.45, 2.75) is 142 Å². The molecule has 0 aliphatic rings. The maximum atomic E-state index is 12.6. The smallest absolute Gasteiger partial charge is 0.306 e. The van der Waals surface area contributed by atoms with Crippen LogP contribution in [-0.2, 0) is 28.6 Å². The predicted molar refractivity (Wildman–Crippen MR) is 208 cm³/mol. The van der Waals surface area contributed by atoms with Gasteiger partial charge in [-0.3, -0.25) is 9.59 Å². The molecule has 0 fully saturated rings. The summed E-state index contributed by atoms with van der Waals surface area (Å²) in [4.78, 5) is 36.7. The second-order valence-corrected chi connectivity index (χ2v) is 13.8. The third kappa shape index (κ3) is 32.4. The first-order valence-corrected chi connectivity index (χ1v) is 19.5. The van der Waals surface area contributed by atoms with Crippen LogP contribution in [0.1, 0.15) is 129 Å². The first kappa shape index (κ1) is 47.8.